The SMILES string of the molecule is CC(C)n1c(=O)c(-c2cc(F)c(NS(=O)(=O)Cc3ccccc3)c(F)c2)nc2cnc(NC3CCC(N(C)C)CC3)nc21. The lowest BCUT2D eigenvalue weighted by Gasteiger charge is -2.32. The first-order valence-electron chi connectivity index (χ1n) is 14.2. The molecule has 5 rings (SSSR count). The van der Waals surface area contributed by atoms with Gasteiger partial charge in [-0.25, -0.2) is 27.2 Å². The van der Waals surface area contributed by atoms with Crippen LogP contribution in [0.1, 0.15) is 51.1 Å². The van der Waals surface area contributed by atoms with Gasteiger partial charge in [0.1, 0.15) is 16.9 Å². The van der Waals surface area contributed by atoms with Crippen molar-refractivity contribution in [3.8, 4) is 11.3 Å². The molecule has 13 heteroatoms. The van der Waals surface area contributed by atoms with Crippen LogP contribution in [0.25, 0.3) is 22.4 Å². The van der Waals surface area contributed by atoms with E-state index in [0.717, 1.165) is 37.8 Å². The van der Waals surface area contributed by atoms with E-state index in [-0.39, 0.29) is 28.9 Å². The molecule has 0 aliphatic heterocycles. The lowest BCUT2D eigenvalue weighted by molar-refractivity contribution is 0.221. The third-order valence-corrected chi connectivity index (χ3v) is 8.91. The predicted molar refractivity (Wildman–Crippen MR) is 163 cm³/mol. The molecule has 0 spiro atoms. The summed E-state index contributed by atoms with van der Waals surface area (Å²) in [5.74, 6) is -2.44. The van der Waals surface area contributed by atoms with Gasteiger partial charge in [0.25, 0.3) is 5.56 Å². The summed E-state index contributed by atoms with van der Waals surface area (Å²) in [4.78, 5) is 29.3. The number of hydrogen-bond acceptors (Lipinski definition) is 8. The zero-order valence-electron chi connectivity index (χ0n) is 24.5. The standard InChI is InChI=1S/C30H35F2N7O3S/c1-18(2)39-28-25(16-33-30(36-28)34-21-10-12-22(13-11-21)38(3)4)35-26(29(39)40)20-14-23(31)27(24(32)15-20)37-43(41,42)17-19-8-6-5-7-9-19/h5-9,14-16,18,21-22,37H,10-13,17H2,1-4H3,(H,33,34,36). The minimum atomic E-state index is -4.12. The number of benzene rings is 2. The maximum atomic E-state index is 15.2. The van der Waals surface area contributed by atoms with Crippen LogP contribution in [0.2, 0.25) is 0 Å². The molecule has 1 saturated carbocycles. The molecule has 1 aliphatic carbocycles. The molecule has 0 radical (unpaired) electrons. The van der Waals surface area contributed by atoms with Gasteiger partial charge in [-0.15, -0.1) is 0 Å². The van der Waals surface area contributed by atoms with E-state index < -0.39 is 38.7 Å². The number of halogens is 2. The molecule has 2 N–H and O–H groups in total. The molecule has 0 unspecified atom stereocenters. The van der Waals surface area contributed by atoms with E-state index in [2.05, 4.69) is 39.3 Å². The van der Waals surface area contributed by atoms with Crippen LogP contribution in [0, 0.1) is 11.6 Å². The summed E-state index contributed by atoms with van der Waals surface area (Å²) in [6.45, 7) is 3.60. The fraction of sp³-hybridized carbons (Fsp3) is 0.400. The van der Waals surface area contributed by atoms with Crippen LogP contribution in [0.5, 0.6) is 0 Å². The Labute approximate surface area is 249 Å². The number of aromatic nitrogens is 4. The monoisotopic (exact) mass is 611 g/mol. The second-order valence-corrected chi connectivity index (χ2v) is 13.1. The van der Waals surface area contributed by atoms with E-state index in [0.29, 0.717) is 23.2 Å². The molecule has 1 aliphatic rings. The van der Waals surface area contributed by atoms with Gasteiger partial charge in [-0.05, 0) is 71.3 Å². The zero-order valence-corrected chi connectivity index (χ0v) is 25.3. The average molecular weight is 612 g/mol. The zero-order chi connectivity index (χ0) is 30.9. The Kier molecular flexibility index (Phi) is 8.74. The minimum absolute atomic E-state index is 0.137. The van der Waals surface area contributed by atoms with Crippen molar-refractivity contribution in [1.82, 2.24) is 24.4 Å². The van der Waals surface area contributed by atoms with Crippen LogP contribution in [-0.2, 0) is 15.8 Å². The quantitative estimate of drug-likeness (QED) is 0.273. The number of sulfonamides is 1. The van der Waals surface area contributed by atoms with Crippen molar-refractivity contribution in [2.24, 2.45) is 0 Å². The molecule has 2 heterocycles. The van der Waals surface area contributed by atoms with Gasteiger partial charge in [-0.1, -0.05) is 30.3 Å². The molecular formula is C30H35F2N7O3S. The van der Waals surface area contributed by atoms with Gasteiger partial charge >= 0.3 is 0 Å². The minimum Gasteiger partial charge on any atom is -0.351 e. The van der Waals surface area contributed by atoms with Crippen molar-refractivity contribution in [3.63, 3.8) is 0 Å². The topological polar surface area (TPSA) is 122 Å². The van der Waals surface area contributed by atoms with E-state index >= 15 is 8.78 Å². The third kappa shape index (κ3) is 6.83. The lowest BCUT2D eigenvalue weighted by Crippen LogP contribution is -2.36. The maximum Gasteiger partial charge on any atom is 0.278 e. The first-order chi connectivity index (χ1) is 20.4. The Morgan fingerprint density at radius 1 is 1.02 bits per heavy atom. The van der Waals surface area contributed by atoms with Gasteiger partial charge in [0.15, 0.2) is 17.3 Å². The highest BCUT2D eigenvalue weighted by molar-refractivity contribution is 7.91. The maximum absolute atomic E-state index is 15.2. The second-order valence-electron chi connectivity index (χ2n) is 11.4. The molecule has 0 amide bonds. The van der Waals surface area contributed by atoms with Crippen LogP contribution < -0.4 is 15.6 Å². The fourth-order valence-corrected chi connectivity index (χ4v) is 6.66. The normalized spacial score (nSPS) is 17.5. The first-order valence-corrected chi connectivity index (χ1v) is 15.8. The Bertz CT molecular complexity index is 1770. The number of nitrogens with zero attached hydrogens (tertiary/aromatic N) is 5. The second kappa shape index (κ2) is 12.3. The first kappa shape index (κ1) is 30.5. The van der Waals surface area contributed by atoms with Crippen LogP contribution in [-0.4, -0.2) is 59.0 Å². The Morgan fingerprint density at radius 2 is 1.67 bits per heavy atom. The Hall–Kier alpha value is -3.97. The summed E-state index contributed by atoms with van der Waals surface area (Å²) in [7, 11) is 0.0497. The van der Waals surface area contributed by atoms with Crippen molar-refractivity contribution in [2.75, 3.05) is 24.1 Å². The molecule has 1 fully saturated rings. The molecule has 43 heavy (non-hydrogen) atoms. The number of rotatable bonds is 9. The van der Waals surface area contributed by atoms with Gasteiger partial charge in [0.2, 0.25) is 16.0 Å². The highest BCUT2D eigenvalue weighted by Gasteiger charge is 2.25. The van der Waals surface area contributed by atoms with E-state index in [1.165, 1.54) is 10.8 Å². The highest BCUT2D eigenvalue weighted by atomic mass is 32.2. The summed E-state index contributed by atoms with van der Waals surface area (Å²) >= 11 is 0. The van der Waals surface area contributed by atoms with Gasteiger partial charge in [-0.3, -0.25) is 14.1 Å². The summed E-state index contributed by atoms with van der Waals surface area (Å²) < 4.78 is 59.0. The Morgan fingerprint density at radius 3 is 2.28 bits per heavy atom. The summed E-state index contributed by atoms with van der Waals surface area (Å²) in [5.41, 5.74) is -0.725. The molecule has 4 aromatic rings. The third-order valence-electron chi connectivity index (χ3n) is 7.68. The van der Waals surface area contributed by atoms with Crippen molar-refractivity contribution in [3.05, 3.63) is 76.2 Å². The molecule has 0 bridgehead atoms. The summed E-state index contributed by atoms with van der Waals surface area (Å²) in [6.07, 6.45) is 5.53. The number of hydrogen-bond donors (Lipinski definition) is 2. The van der Waals surface area contributed by atoms with Crippen LogP contribution in [0.15, 0.2) is 53.5 Å². The molecular weight excluding hydrogens is 576 g/mol. The van der Waals surface area contributed by atoms with Crippen LogP contribution >= 0.6 is 0 Å². The molecule has 2 aromatic heterocycles. The van der Waals surface area contributed by atoms with Gasteiger partial charge in [-0.2, -0.15) is 4.98 Å². The van der Waals surface area contributed by atoms with Gasteiger partial charge in [0, 0.05) is 23.7 Å². The van der Waals surface area contributed by atoms with Crippen LogP contribution in [0.4, 0.5) is 20.4 Å². The molecule has 0 saturated heterocycles. The summed E-state index contributed by atoms with van der Waals surface area (Å²) in [6, 6.07) is 10.4. The van der Waals surface area contributed by atoms with Crippen molar-refractivity contribution in [2.45, 2.75) is 63.4 Å². The van der Waals surface area contributed by atoms with Crippen molar-refractivity contribution < 1.29 is 17.2 Å². The molecule has 2 aromatic carbocycles. The molecule has 10 nitrogen and oxygen atoms in total. The van der Waals surface area contributed by atoms with E-state index in [1.807, 2.05) is 4.72 Å². The number of anilines is 2. The van der Waals surface area contributed by atoms with Crippen molar-refractivity contribution in [1.29, 1.82) is 0 Å². The lowest BCUT2D eigenvalue weighted by atomic mass is 9.91. The predicted octanol–water partition coefficient (Wildman–Crippen LogP) is 4.94. The molecule has 0 atom stereocenters. The van der Waals surface area contributed by atoms with Gasteiger partial charge < -0.3 is 10.2 Å². The van der Waals surface area contributed by atoms with Gasteiger partial charge in [0.05, 0.1) is 11.9 Å². The van der Waals surface area contributed by atoms with Crippen molar-refractivity contribution >= 4 is 32.8 Å². The molecule has 228 valence electrons. The Balaban J connectivity index is 1.44. The highest BCUT2D eigenvalue weighted by Crippen LogP contribution is 2.28. The summed E-state index contributed by atoms with van der Waals surface area (Å²) in [5, 5.41) is 3.38. The van der Waals surface area contributed by atoms with E-state index in [1.54, 1.807) is 44.2 Å². The van der Waals surface area contributed by atoms with Crippen LogP contribution in [0.3, 0.4) is 0 Å². The van der Waals surface area contributed by atoms with E-state index in [9.17, 15) is 13.2 Å². The smallest absolute Gasteiger partial charge is 0.278 e. The fourth-order valence-electron chi connectivity index (χ4n) is 5.45. The number of fused-ring (bicyclic) bond motifs is 1. The largest absolute Gasteiger partial charge is 0.351 e. The number of nitrogens with one attached hydrogen (secondary N) is 2. The van der Waals surface area contributed by atoms with E-state index in [4.69, 9.17) is 0 Å². The average Bonchev–Trinajstić information content (AvgIpc) is 2.95.